The zero-order valence-electron chi connectivity index (χ0n) is 24.4. The molecule has 1 saturated heterocycles. The highest BCUT2D eigenvalue weighted by Gasteiger charge is 2.21. The highest BCUT2D eigenvalue weighted by atomic mass is 35.5. The van der Waals surface area contributed by atoms with Crippen molar-refractivity contribution in [2.75, 3.05) is 56.1 Å². The van der Waals surface area contributed by atoms with Crippen LogP contribution in [-0.2, 0) is 0 Å². The van der Waals surface area contributed by atoms with Gasteiger partial charge >= 0.3 is 0 Å². The van der Waals surface area contributed by atoms with Crippen LogP contribution in [0.1, 0.15) is 40.5 Å². The van der Waals surface area contributed by atoms with Gasteiger partial charge < -0.3 is 20.3 Å². The van der Waals surface area contributed by atoms with Crippen LogP contribution in [0.3, 0.4) is 0 Å². The van der Waals surface area contributed by atoms with Gasteiger partial charge in [-0.3, -0.25) is 14.5 Å². The van der Waals surface area contributed by atoms with Crippen molar-refractivity contribution in [1.82, 2.24) is 10.2 Å². The molecule has 0 unspecified atom stereocenters. The molecule has 0 saturated carbocycles. The van der Waals surface area contributed by atoms with Crippen molar-refractivity contribution in [2.24, 2.45) is 0 Å². The first-order valence-electron chi connectivity index (χ1n) is 14.6. The number of unbranched alkanes of at least 4 members (excludes halogenated alkanes) is 1. The lowest BCUT2D eigenvalue weighted by atomic mass is 10.1. The number of piperazine rings is 1. The van der Waals surface area contributed by atoms with E-state index in [0.717, 1.165) is 56.7 Å². The minimum absolute atomic E-state index is 0. The third-order valence-electron chi connectivity index (χ3n) is 7.56. The summed E-state index contributed by atoms with van der Waals surface area (Å²) >= 11 is 5.89. The third-order valence-corrected chi connectivity index (χ3v) is 7.81. The Morgan fingerprint density at radius 2 is 1.49 bits per heavy atom. The van der Waals surface area contributed by atoms with Crippen LogP contribution in [0.4, 0.5) is 11.4 Å². The molecule has 226 valence electrons. The lowest BCUT2D eigenvalue weighted by Gasteiger charge is -2.37. The standard InChI is InChI=1S/C34H37ClN4O3.ClH/c1-2-42-32-30-8-4-3-7-25(30)13-18-31(32)39-23-21-38(22-24-39)20-6-5-19-36-33(40)26-11-16-29(17-12-26)37-34(41)27-9-14-28(35)15-10-27;/h3-4,7-18H,2,5-6,19-24H2,1H3,(H,36,40)(H,37,41);1H. The Hall–Kier alpha value is -3.78. The summed E-state index contributed by atoms with van der Waals surface area (Å²) in [4.78, 5) is 29.9. The van der Waals surface area contributed by atoms with E-state index in [0.29, 0.717) is 35.0 Å². The number of amides is 2. The zero-order chi connectivity index (χ0) is 29.3. The van der Waals surface area contributed by atoms with Crippen molar-refractivity contribution in [1.29, 1.82) is 0 Å². The van der Waals surface area contributed by atoms with Crippen LogP contribution in [0.2, 0.25) is 5.02 Å². The number of carbonyl (C=O) groups is 2. The number of halogens is 2. The van der Waals surface area contributed by atoms with Gasteiger partial charge in [-0.15, -0.1) is 12.4 Å². The van der Waals surface area contributed by atoms with Crippen molar-refractivity contribution in [3.63, 3.8) is 0 Å². The number of ether oxygens (including phenoxy) is 1. The maximum absolute atomic E-state index is 12.6. The first-order valence-corrected chi connectivity index (χ1v) is 15.0. The average molecular weight is 622 g/mol. The fraction of sp³-hybridized carbons (Fsp3) is 0.294. The fourth-order valence-corrected chi connectivity index (χ4v) is 5.39. The molecule has 1 aliphatic rings. The number of rotatable bonds is 11. The van der Waals surface area contributed by atoms with Crippen LogP contribution in [0, 0.1) is 0 Å². The van der Waals surface area contributed by atoms with E-state index < -0.39 is 0 Å². The average Bonchev–Trinajstić information content (AvgIpc) is 3.02. The van der Waals surface area contributed by atoms with Crippen LogP contribution in [0.25, 0.3) is 10.8 Å². The topological polar surface area (TPSA) is 73.9 Å². The number of fused-ring (bicyclic) bond motifs is 1. The van der Waals surface area contributed by atoms with E-state index in [-0.39, 0.29) is 24.2 Å². The maximum Gasteiger partial charge on any atom is 0.255 e. The second-order valence-electron chi connectivity index (χ2n) is 10.4. The largest absolute Gasteiger partial charge is 0.491 e. The number of anilines is 2. The summed E-state index contributed by atoms with van der Waals surface area (Å²) in [5.41, 5.74) is 2.88. The smallest absolute Gasteiger partial charge is 0.255 e. The molecule has 1 fully saturated rings. The molecule has 0 radical (unpaired) electrons. The summed E-state index contributed by atoms with van der Waals surface area (Å²) in [6.07, 6.45) is 1.94. The number of nitrogens with zero attached hydrogens (tertiary/aromatic N) is 2. The zero-order valence-corrected chi connectivity index (χ0v) is 25.9. The normalized spacial score (nSPS) is 13.3. The van der Waals surface area contributed by atoms with Gasteiger partial charge in [0.05, 0.1) is 12.3 Å². The van der Waals surface area contributed by atoms with Gasteiger partial charge in [0.2, 0.25) is 0 Å². The molecule has 2 amide bonds. The molecule has 1 aliphatic heterocycles. The fourth-order valence-electron chi connectivity index (χ4n) is 5.26. The number of nitrogens with one attached hydrogen (secondary N) is 2. The van der Waals surface area contributed by atoms with E-state index in [9.17, 15) is 9.59 Å². The van der Waals surface area contributed by atoms with Crippen LogP contribution in [0.5, 0.6) is 5.75 Å². The highest BCUT2D eigenvalue weighted by Crippen LogP contribution is 2.36. The van der Waals surface area contributed by atoms with Crippen molar-refractivity contribution in [2.45, 2.75) is 19.8 Å². The first kappa shape index (κ1) is 32.1. The van der Waals surface area contributed by atoms with E-state index in [1.54, 1.807) is 48.5 Å². The molecule has 4 aromatic carbocycles. The molecule has 2 N–H and O–H groups in total. The molecule has 0 aliphatic carbocycles. The second-order valence-corrected chi connectivity index (χ2v) is 10.8. The van der Waals surface area contributed by atoms with Gasteiger partial charge in [0, 0.05) is 59.9 Å². The predicted molar refractivity (Wildman–Crippen MR) is 178 cm³/mol. The van der Waals surface area contributed by atoms with Crippen molar-refractivity contribution in [3.8, 4) is 5.75 Å². The lowest BCUT2D eigenvalue weighted by molar-refractivity contribution is 0.0952. The number of hydrogen-bond acceptors (Lipinski definition) is 5. The molecule has 5 rings (SSSR count). The van der Waals surface area contributed by atoms with Gasteiger partial charge in [-0.1, -0.05) is 41.9 Å². The van der Waals surface area contributed by atoms with Gasteiger partial charge in [-0.25, -0.2) is 0 Å². The van der Waals surface area contributed by atoms with Gasteiger partial charge in [0.25, 0.3) is 11.8 Å². The Morgan fingerprint density at radius 1 is 0.814 bits per heavy atom. The molecular weight excluding hydrogens is 583 g/mol. The summed E-state index contributed by atoms with van der Waals surface area (Å²) in [6.45, 7) is 8.26. The minimum atomic E-state index is -0.228. The van der Waals surface area contributed by atoms with E-state index >= 15 is 0 Å². The summed E-state index contributed by atoms with van der Waals surface area (Å²) in [5.74, 6) is 0.644. The van der Waals surface area contributed by atoms with E-state index in [1.165, 1.54) is 11.1 Å². The molecular formula is C34H38Cl2N4O3. The van der Waals surface area contributed by atoms with E-state index in [4.69, 9.17) is 16.3 Å². The van der Waals surface area contributed by atoms with Gasteiger partial charge in [0.15, 0.2) is 0 Å². The summed E-state index contributed by atoms with van der Waals surface area (Å²) in [6, 6.07) is 26.4. The molecule has 0 bridgehead atoms. The molecule has 0 aromatic heterocycles. The monoisotopic (exact) mass is 620 g/mol. The summed E-state index contributed by atoms with van der Waals surface area (Å²) in [5, 5.41) is 8.79. The minimum Gasteiger partial charge on any atom is -0.491 e. The third kappa shape index (κ3) is 8.41. The van der Waals surface area contributed by atoms with Crippen molar-refractivity contribution >= 4 is 58.0 Å². The Balaban J connectivity index is 0.00000423. The van der Waals surface area contributed by atoms with Gasteiger partial charge in [0.1, 0.15) is 5.75 Å². The number of benzene rings is 4. The first-order chi connectivity index (χ1) is 20.5. The second kappa shape index (κ2) is 15.6. The molecule has 43 heavy (non-hydrogen) atoms. The highest BCUT2D eigenvalue weighted by molar-refractivity contribution is 6.30. The maximum atomic E-state index is 12.6. The Labute approximate surface area is 264 Å². The lowest BCUT2D eigenvalue weighted by Crippen LogP contribution is -2.46. The van der Waals surface area contributed by atoms with Crippen LogP contribution in [-0.4, -0.2) is 62.6 Å². The molecule has 1 heterocycles. The van der Waals surface area contributed by atoms with Crippen molar-refractivity contribution < 1.29 is 14.3 Å². The van der Waals surface area contributed by atoms with E-state index in [1.807, 2.05) is 6.92 Å². The Kier molecular flexibility index (Phi) is 11.7. The molecule has 0 spiro atoms. The van der Waals surface area contributed by atoms with Crippen LogP contribution >= 0.6 is 24.0 Å². The van der Waals surface area contributed by atoms with Crippen LogP contribution in [0.15, 0.2) is 84.9 Å². The SMILES string of the molecule is CCOc1c(N2CCN(CCCCNC(=O)c3ccc(NC(=O)c4ccc(Cl)cc4)cc3)CC2)ccc2ccccc12.Cl. The number of carbonyl (C=O) groups excluding carboxylic acids is 2. The summed E-state index contributed by atoms with van der Waals surface area (Å²) < 4.78 is 6.10. The van der Waals surface area contributed by atoms with E-state index in [2.05, 4.69) is 56.8 Å². The van der Waals surface area contributed by atoms with Crippen LogP contribution < -0.4 is 20.3 Å². The Morgan fingerprint density at radius 3 is 2.21 bits per heavy atom. The molecule has 9 heteroatoms. The summed E-state index contributed by atoms with van der Waals surface area (Å²) in [7, 11) is 0. The Bertz CT molecular complexity index is 1500. The van der Waals surface area contributed by atoms with Gasteiger partial charge in [-0.2, -0.15) is 0 Å². The number of hydrogen-bond donors (Lipinski definition) is 2. The quantitative estimate of drug-likeness (QED) is 0.178. The molecule has 0 atom stereocenters. The molecule has 7 nitrogen and oxygen atoms in total. The van der Waals surface area contributed by atoms with Gasteiger partial charge in [-0.05, 0) is 86.3 Å². The predicted octanol–water partition coefficient (Wildman–Crippen LogP) is 6.90. The molecule has 4 aromatic rings. The van der Waals surface area contributed by atoms with Crippen molar-refractivity contribution in [3.05, 3.63) is 101 Å².